The highest BCUT2D eigenvalue weighted by atomic mass is 32.2. The maximum absolute atomic E-state index is 16.3. The molecule has 4 fully saturated rings. The van der Waals surface area contributed by atoms with Crippen LogP contribution in [0.25, 0.3) is 0 Å². The van der Waals surface area contributed by atoms with Crippen molar-refractivity contribution in [3.8, 4) is 0 Å². The van der Waals surface area contributed by atoms with Gasteiger partial charge in [-0.15, -0.1) is 0 Å². The van der Waals surface area contributed by atoms with Crippen LogP contribution in [-0.4, -0.2) is 101 Å². The molecule has 3 aromatic carbocycles. The number of hydrogen-bond acceptors (Lipinski definition) is 8. The summed E-state index contributed by atoms with van der Waals surface area (Å²) in [7, 11) is -2.94. The number of carbonyl (C=O) groups excluding carboxylic acids is 2. The standard InChI is InChI=1S/C42H49F4N5O5S/c1-3-39(52)47-37-23-32(11-13-34(37)44)57(54,55)31-12-14-38(35(45)22-31)51-25-41(46,26-51)24-50-19-15-28(16-20-50)42(27-49-17-6-18-49,29-7-4-8-30(43)21-29)33-9-5-10-36(33)48-40(53)56-2/h3-4,7-8,11-14,21-23,28,33,36H,1,5-6,9-10,15-20,24-27H2,2H3,(H,47,52)(H,48,53)/t33-,36-,42?/m0/s1. The summed E-state index contributed by atoms with van der Waals surface area (Å²) in [6, 6.07) is 13.0. The first-order valence-electron chi connectivity index (χ1n) is 19.5. The van der Waals surface area contributed by atoms with Crippen LogP contribution < -0.4 is 15.5 Å². The van der Waals surface area contributed by atoms with Gasteiger partial charge in [0.05, 0.1) is 41.4 Å². The van der Waals surface area contributed by atoms with E-state index in [1.165, 1.54) is 30.2 Å². The van der Waals surface area contributed by atoms with Crippen molar-refractivity contribution in [1.82, 2.24) is 15.1 Å². The van der Waals surface area contributed by atoms with Crippen LogP contribution in [0.2, 0.25) is 0 Å². The average Bonchev–Trinajstić information content (AvgIpc) is 3.62. The van der Waals surface area contributed by atoms with Crippen LogP contribution in [0.1, 0.15) is 44.1 Å². The number of halogens is 4. The fourth-order valence-electron chi connectivity index (χ4n) is 9.65. The molecule has 3 aliphatic heterocycles. The molecule has 15 heteroatoms. The SMILES string of the molecule is C=CC(=O)Nc1cc(S(=O)(=O)c2ccc(N3CC(F)(CN4CCC(C(CN5CCC5)(c5cccc(F)c5)[C@H]5CCC[C@@H]5NC(=O)OC)CC4)C3)c(F)c2)ccc1F. The van der Waals surface area contributed by atoms with Gasteiger partial charge in [0.15, 0.2) is 5.67 Å². The van der Waals surface area contributed by atoms with Gasteiger partial charge in [0, 0.05) is 24.5 Å². The Labute approximate surface area is 331 Å². The summed E-state index contributed by atoms with van der Waals surface area (Å²) in [5.41, 5.74) is -1.43. The number of likely N-dealkylation sites (tertiary alicyclic amines) is 2. The normalized spacial score (nSPS) is 22.5. The number of ether oxygens (including phenoxy) is 1. The molecule has 306 valence electrons. The summed E-state index contributed by atoms with van der Waals surface area (Å²) < 4.78 is 92.7. The molecule has 10 nitrogen and oxygen atoms in total. The second-order valence-corrected chi connectivity index (χ2v) is 17.9. The number of piperidine rings is 1. The summed E-state index contributed by atoms with van der Waals surface area (Å²) in [5.74, 6) is -2.53. The first-order chi connectivity index (χ1) is 27.2. The van der Waals surface area contributed by atoms with Crippen molar-refractivity contribution in [2.75, 3.05) is 69.7 Å². The lowest BCUT2D eigenvalue weighted by Crippen LogP contribution is -2.65. The second-order valence-electron chi connectivity index (χ2n) is 16.0. The zero-order chi connectivity index (χ0) is 40.5. The molecule has 3 heterocycles. The zero-order valence-corrected chi connectivity index (χ0v) is 32.8. The number of hydrogen-bond donors (Lipinski definition) is 2. The Balaban J connectivity index is 1.03. The molecule has 1 aliphatic carbocycles. The Morgan fingerprint density at radius 1 is 0.912 bits per heavy atom. The number of benzene rings is 3. The number of alkyl halides is 1. The van der Waals surface area contributed by atoms with Crippen LogP contribution in [0.15, 0.2) is 83.1 Å². The van der Waals surface area contributed by atoms with E-state index in [1.54, 1.807) is 12.1 Å². The molecular weight excluding hydrogens is 763 g/mol. The molecule has 3 aromatic rings. The minimum atomic E-state index is -4.30. The quantitative estimate of drug-likeness (QED) is 0.115. The third-order valence-electron chi connectivity index (χ3n) is 12.5. The average molecular weight is 812 g/mol. The van der Waals surface area contributed by atoms with E-state index in [9.17, 15) is 26.8 Å². The number of amides is 2. The van der Waals surface area contributed by atoms with E-state index in [4.69, 9.17) is 4.74 Å². The Morgan fingerprint density at radius 2 is 1.63 bits per heavy atom. The van der Waals surface area contributed by atoms with Crippen molar-refractivity contribution in [3.05, 3.63) is 96.3 Å². The molecule has 3 saturated heterocycles. The molecule has 3 atom stereocenters. The van der Waals surface area contributed by atoms with E-state index in [0.717, 1.165) is 94.1 Å². The molecular formula is C42H49F4N5O5S. The molecule has 0 radical (unpaired) electrons. The van der Waals surface area contributed by atoms with Gasteiger partial charge in [0.1, 0.15) is 17.5 Å². The van der Waals surface area contributed by atoms with Gasteiger partial charge in [0.2, 0.25) is 15.7 Å². The second kappa shape index (κ2) is 16.4. The van der Waals surface area contributed by atoms with E-state index in [0.29, 0.717) is 13.1 Å². The molecule has 1 saturated carbocycles. The lowest BCUT2D eigenvalue weighted by atomic mass is 9.57. The van der Waals surface area contributed by atoms with Crippen LogP contribution in [-0.2, 0) is 24.8 Å². The van der Waals surface area contributed by atoms with E-state index in [1.807, 2.05) is 6.07 Å². The summed E-state index contributed by atoms with van der Waals surface area (Å²) in [6.07, 6.45) is 5.68. The highest BCUT2D eigenvalue weighted by Gasteiger charge is 2.54. The summed E-state index contributed by atoms with van der Waals surface area (Å²) in [5, 5.41) is 5.31. The van der Waals surface area contributed by atoms with Gasteiger partial charge in [0.25, 0.3) is 0 Å². The van der Waals surface area contributed by atoms with Gasteiger partial charge in [-0.05, 0) is 130 Å². The molecule has 4 aliphatic rings. The smallest absolute Gasteiger partial charge is 0.407 e. The number of rotatable bonds is 13. The Bertz CT molecular complexity index is 2110. The summed E-state index contributed by atoms with van der Waals surface area (Å²) in [4.78, 5) is 29.5. The maximum atomic E-state index is 16.3. The fraction of sp³-hybridized carbons (Fsp3) is 0.476. The van der Waals surface area contributed by atoms with Gasteiger partial charge in [-0.3, -0.25) is 9.69 Å². The van der Waals surface area contributed by atoms with E-state index in [-0.39, 0.29) is 64.5 Å². The number of carbonyl (C=O) groups is 2. The number of alkyl carbamates (subject to hydrolysis) is 1. The molecule has 0 spiro atoms. The minimum Gasteiger partial charge on any atom is -0.453 e. The zero-order valence-electron chi connectivity index (χ0n) is 32.0. The van der Waals surface area contributed by atoms with Gasteiger partial charge in [-0.1, -0.05) is 25.1 Å². The van der Waals surface area contributed by atoms with Crippen molar-refractivity contribution in [3.63, 3.8) is 0 Å². The third kappa shape index (κ3) is 8.28. The summed E-state index contributed by atoms with van der Waals surface area (Å²) in [6.45, 7) is 7.21. The molecule has 7 rings (SSSR count). The van der Waals surface area contributed by atoms with E-state index >= 15 is 8.78 Å². The Morgan fingerprint density at radius 3 is 2.28 bits per heavy atom. The Hall–Kier alpha value is -4.47. The lowest BCUT2D eigenvalue weighted by Gasteiger charge is -2.54. The number of methoxy groups -OCH3 is 1. The molecule has 2 N–H and O–H groups in total. The largest absolute Gasteiger partial charge is 0.453 e. The van der Waals surface area contributed by atoms with E-state index in [2.05, 4.69) is 27.0 Å². The van der Waals surface area contributed by atoms with Crippen molar-refractivity contribution >= 4 is 33.2 Å². The maximum Gasteiger partial charge on any atom is 0.407 e. The van der Waals surface area contributed by atoms with Gasteiger partial charge in [-0.2, -0.15) is 0 Å². The molecule has 0 bridgehead atoms. The molecule has 2 amide bonds. The van der Waals surface area contributed by atoms with Crippen molar-refractivity contribution in [2.24, 2.45) is 11.8 Å². The lowest BCUT2D eigenvalue weighted by molar-refractivity contribution is -0.111. The Kier molecular flexibility index (Phi) is 11.7. The first-order valence-corrected chi connectivity index (χ1v) is 21.0. The van der Waals surface area contributed by atoms with Crippen molar-refractivity contribution in [2.45, 2.75) is 65.4 Å². The molecule has 0 aromatic heterocycles. The van der Waals surface area contributed by atoms with Crippen LogP contribution in [0.3, 0.4) is 0 Å². The van der Waals surface area contributed by atoms with Crippen LogP contribution >= 0.6 is 0 Å². The molecule has 1 unspecified atom stereocenters. The van der Waals surface area contributed by atoms with E-state index < -0.39 is 44.6 Å². The fourth-order valence-corrected chi connectivity index (χ4v) is 10.9. The summed E-state index contributed by atoms with van der Waals surface area (Å²) >= 11 is 0. The van der Waals surface area contributed by atoms with Gasteiger partial charge in [-0.25, -0.2) is 30.8 Å². The number of sulfone groups is 1. The molecule has 57 heavy (non-hydrogen) atoms. The van der Waals surface area contributed by atoms with Crippen LogP contribution in [0.5, 0.6) is 0 Å². The topological polar surface area (TPSA) is 111 Å². The number of anilines is 2. The monoisotopic (exact) mass is 811 g/mol. The predicted molar refractivity (Wildman–Crippen MR) is 208 cm³/mol. The highest BCUT2D eigenvalue weighted by Crippen LogP contribution is 2.52. The number of nitrogens with one attached hydrogen (secondary N) is 2. The van der Waals surface area contributed by atoms with Crippen molar-refractivity contribution in [1.29, 1.82) is 0 Å². The third-order valence-corrected chi connectivity index (χ3v) is 14.2. The minimum absolute atomic E-state index is 0.0534. The van der Waals surface area contributed by atoms with Crippen molar-refractivity contribution < 1.29 is 40.3 Å². The van der Waals surface area contributed by atoms with Gasteiger partial charge < -0.3 is 25.2 Å². The highest BCUT2D eigenvalue weighted by molar-refractivity contribution is 7.91. The number of nitrogens with zero attached hydrogens (tertiary/aromatic N) is 3. The van der Waals surface area contributed by atoms with Crippen LogP contribution in [0, 0.1) is 29.3 Å². The first kappa shape index (κ1) is 40.7. The van der Waals surface area contributed by atoms with Gasteiger partial charge >= 0.3 is 6.09 Å². The van der Waals surface area contributed by atoms with Crippen LogP contribution in [0.4, 0.5) is 33.7 Å². The predicted octanol–water partition coefficient (Wildman–Crippen LogP) is 6.47.